The molecule has 0 saturated carbocycles. The lowest BCUT2D eigenvalue weighted by atomic mass is 10.0. The number of halogens is 1. The van der Waals surface area contributed by atoms with Gasteiger partial charge >= 0.3 is 0 Å². The molecule has 1 unspecified atom stereocenters. The minimum atomic E-state index is -0.397. The van der Waals surface area contributed by atoms with Crippen LogP contribution < -0.4 is 0 Å². The zero-order valence-corrected chi connectivity index (χ0v) is 11.2. The number of aliphatic hydroxyl groups is 1. The van der Waals surface area contributed by atoms with Crippen molar-refractivity contribution in [3.05, 3.63) is 70.2 Å². The van der Waals surface area contributed by atoms with Gasteiger partial charge in [0.2, 0.25) is 0 Å². The molecule has 2 aromatic rings. The molecule has 0 saturated heterocycles. The van der Waals surface area contributed by atoms with Crippen molar-refractivity contribution in [2.75, 3.05) is 0 Å². The monoisotopic (exact) mass is 260 g/mol. The number of aryl methyl sites for hydroxylation is 1. The molecule has 2 heteroatoms. The fraction of sp³-hybridized carbons (Fsp3) is 0.250. The summed E-state index contributed by atoms with van der Waals surface area (Å²) in [6.45, 7) is 2.06. The standard InChI is InChI=1S/C16H17ClO/c1-12-5-4-6-13(9-12)10-15(18)11-14-7-2-3-8-16(14)17/h2-9,15,18H,10-11H2,1H3. The maximum absolute atomic E-state index is 10.1. The van der Waals surface area contributed by atoms with Crippen molar-refractivity contribution in [3.8, 4) is 0 Å². The highest BCUT2D eigenvalue weighted by atomic mass is 35.5. The van der Waals surface area contributed by atoms with E-state index in [1.165, 1.54) is 5.56 Å². The summed E-state index contributed by atoms with van der Waals surface area (Å²) in [5, 5.41) is 10.8. The molecule has 1 N–H and O–H groups in total. The predicted octanol–water partition coefficient (Wildman–Crippen LogP) is 3.79. The molecule has 1 nitrogen and oxygen atoms in total. The fourth-order valence-electron chi connectivity index (χ4n) is 2.10. The molecular formula is C16H17ClO. The van der Waals surface area contributed by atoms with E-state index in [0.29, 0.717) is 12.8 Å². The van der Waals surface area contributed by atoms with Crippen LogP contribution >= 0.6 is 11.6 Å². The first-order chi connectivity index (χ1) is 8.65. The van der Waals surface area contributed by atoms with E-state index < -0.39 is 6.10 Å². The maximum atomic E-state index is 10.1. The minimum absolute atomic E-state index is 0.397. The Kier molecular flexibility index (Phi) is 4.40. The lowest BCUT2D eigenvalue weighted by molar-refractivity contribution is 0.175. The van der Waals surface area contributed by atoms with Crippen molar-refractivity contribution in [2.45, 2.75) is 25.9 Å². The molecule has 0 bridgehead atoms. The summed E-state index contributed by atoms with van der Waals surface area (Å²) in [6, 6.07) is 15.9. The fourth-order valence-corrected chi connectivity index (χ4v) is 2.31. The quantitative estimate of drug-likeness (QED) is 0.887. The SMILES string of the molecule is Cc1cccc(CC(O)Cc2ccccc2Cl)c1. The van der Waals surface area contributed by atoms with Crippen LogP contribution in [0.5, 0.6) is 0 Å². The van der Waals surface area contributed by atoms with Gasteiger partial charge in [-0.3, -0.25) is 0 Å². The number of aliphatic hydroxyl groups excluding tert-OH is 1. The van der Waals surface area contributed by atoms with E-state index in [9.17, 15) is 5.11 Å². The number of hydrogen-bond acceptors (Lipinski definition) is 1. The van der Waals surface area contributed by atoms with Crippen LogP contribution in [-0.2, 0) is 12.8 Å². The Morgan fingerprint density at radius 1 is 1.06 bits per heavy atom. The minimum Gasteiger partial charge on any atom is -0.392 e. The van der Waals surface area contributed by atoms with Gasteiger partial charge in [0.05, 0.1) is 6.10 Å². The molecule has 0 aliphatic rings. The van der Waals surface area contributed by atoms with Crippen molar-refractivity contribution in [2.24, 2.45) is 0 Å². The lowest BCUT2D eigenvalue weighted by Crippen LogP contribution is -2.14. The van der Waals surface area contributed by atoms with Crippen molar-refractivity contribution in [3.63, 3.8) is 0 Å². The van der Waals surface area contributed by atoms with Crippen molar-refractivity contribution in [1.29, 1.82) is 0 Å². The number of rotatable bonds is 4. The van der Waals surface area contributed by atoms with Crippen molar-refractivity contribution >= 4 is 11.6 Å². The second kappa shape index (κ2) is 6.03. The summed E-state index contributed by atoms with van der Waals surface area (Å²) in [5.41, 5.74) is 3.38. The van der Waals surface area contributed by atoms with E-state index in [4.69, 9.17) is 11.6 Å². The second-order valence-electron chi connectivity index (χ2n) is 4.64. The predicted molar refractivity (Wildman–Crippen MR) is 76.0 cm³/mol. The van der Waals surface area contributed by atoms with Gasteiger partial charge in [0.1, 0.15) is 0 Å². The molecule has 0 spiro atoms. The Labute approximate surface area is 113 Å². The molecule has 0 heterocycles. The van der Waals surface area contributed by atoms with Crippen LogP contribution in [0.3, 0.4) is 0 Å². The molecule has 0 aromatic heterocycles. The Morgan fingerprint density at radius 3 is 2.56 bits per heavy atom. The van der Waals surface area contributed by atoms with E-state index in [-0.39, 0.29) is 0 Å². The molecule has 18 heavy (non-hydrogen) atoms. The van der Waals surface area contributed by atoms with E-state index in [1.807, 2.05) is 36.4 Å². The molecule has 2 aromatic carbocycles. The van der Waals surface area contributed by atoms with Crippen LogP contribution in [0, 0.1) is 6.92 Å². The van der Waals surface area contributed by atoms with E-state index in [1.54, 1.807) is 0 Å². The highest BCUT2D eigenvalue weighted by Gasteiger charge is 2.09. The maximum Gasteiger partial charge on any atom is 0.0621 e. The first kappa shape index (κ1) is 13.1. The van der Waals surface area contributed by atoms with Gasteiger partial charge < -0.3 is 5.11 Å². The van der Waals surface area contributed by atoms with Gasteiger partial charge in [-0.05, 0) is 30.5 Å². The second-order valence-corrected chi connectivity index (χ2v) is 5.05. The van der Waals surface area contributed by atoms with Crippen molar-refractivity contribution < 1.29 is 5.11 Å². The average Bonchev–Trinajstić information content (AvgIpc) is 2.32. The molecule has 0 amide bonds. The summed E-state index contributed by atoms with van der Waals surface area (Å²) in [4.78, 5) is 0. The van der Waals surface area contributed by atoms with Crippen LogP contribution in [0.2, 0.25) is 5.02 Å². The van der Waals surface area contributed by atoms with E-state index >= 15 is 0 Å². The molecule has 0 aliphatic heterocycles. The third-order valence-corrected chi connectivity index (χ3v) is 3.34. The Balaban J connectivity index is 2.01. The van der Waals surface area contributed by atoms with Gasteiger partial charge in [0.25, 0.3) is 0 Å². The smallest absolute Gasteiger partial charge is 0.0621 e. The van der Waals surface area contributed by atoms with Gasteiger partial charge in [-0.25, -0.2) is 0 Å². The normalized spacial score (nSPS) is 12.4. The van der Waals surface area contributed by atoms with Gasteiger partial charge in [0, 0.05) is 11.4 Å². The Hall–Kier alpha value is -1.31. The zero-order valence-electron chi connectivity index (χ0n) is 10.4. The lowest BCUT2D eigenvalue weighted by Gasteiger charge is -2.12. The molecule has 0 aliphatic carbocycles. The Morgan fingerprint density at radius 2 is 1.83 bits per heavy atom. The summed E-state index contributed by atoms with van der Waals surface area (Å²) in [5.74, 6) is 0. The van der Waals surface area contributed by atoms with Crippen LogP contribution in [0.25, 0.3) is 0 Å². The first-order valence-corrected chi connectivity index (χ1v) is 6.50. The molecule has 2 rings (SSSR count). The first-order valence-electron chi connectivity index (χ1n) is 6.12. The number of benzene rings is 2. The molecule has 0 fully saturated rings. The van der Waals surface area contributed by atoms with Crippen LogP contribution in [0.15, 0.2) is 48.5 Å². The van der Waals surface area contributed by atoms with Gasteiger partial charge in [-0.15, -0.1) is 0 Å². The Bertz CT molecular complexity index is 522. The average molecular weight is 261 g/mol. The van der Waals surface area contributed by atoms with E-state index in [2.05, 4.69) is 19.1 Å². The van der Waals surface area contributed by atoms with Gasteiger partial charge in [0.15, 0.2) is 0 Å². The molecule has 0 radical (unpaired) electrons. The summed E-state index contributed by atoms with van der Waals surface area (Å²) < 4.78 is 0. The van der Waals surface area contributed by atoms with E-state index in [0.717, 1.165) is 16.1 Å². The van der Waals surface area contributed by atoms with Crippen molar-refractivity contribution in [1.82, 2.24) is 0 Å². The third kappa shape index (κ3) is 3.59. The largest absolute Gasteiger partial charge is 0.392 e. The summed E-state index contributed by atoms with van der Waals surface area (Å²) >= 11 is 6.09. The zero-order chi connectivity index (χ0) is 13.0. The van der Waals surface area contributed by atoms with Crippen LogP contribution in [-0.4, -0.2) is 11.2 Å². The third-order valence-electron chi connectivity index (χ3n) is 2.97. The highest BCUT2D eigenvalue weighted by molar-refractivity contribution is 6.31. The van der Waals surface area contributed by atoms with Gasteiger partial charge in [-0.2, -0.15) is 0 Å². The molecule has 94 valence electrons. The van der Waals surface area contributed by atoms with Crippen LogP contribution in [0.1, 0.15) is 16.7 Å². The van der Waals surface area contributed by atoms with Gasteiger partial charge in [-0.1, -0.05) is 59.6 Å². The molecular weight excluding hydrogens is 244 g/mol. The summed E-state index contributed by atoms with van der Waals surface area (Å²) in [7, 11) is 0. The van der Waals surface area contributed by atoms with Crippen LogP contribution in [0.4, 0.5) is 0 Å². The molecule has 1 atom stereocenters. The summed E-state index contributed by atoms with van der Waals surface area (Å²) in [6.07, 6.45) is 0.854. The highest BCUT2D eigenvalue weighted by Crippen LogP contribution is 2.18. The number of hydrogen-bond donors (Lipinski definition) is 1. The topological polar surface area (TPSA) is 20.2 Å².